The van der Waals surface area contributed by atoms with Gasteiger partial charge in [0.2, 0.25) is 12.4 Å². The van der Waals surface area contributed by atoms with E-state index in [-0.39, 0.29) is 11.1 Å². The average Bonchev–Trinajstić information content (AvgIpc) is 3.25. The summed E-state index contributed by atoms with van der Waals surface area (Å²) in [5.41, 5.74) is 0.775. The van der Waals surface area contributed by atoms with Crippen LogP contribution in [0.2, 0.25) is 0 Å². The van der Waals surface area contributed by atoms with Crippen LogP contribution in [0.5, 0.6) is 0 Å². The number of ether oxygens (including phenoxy) is 5. The van der Waals surface area contributed by atoms with Crippen molar-refractivity contribution in [1.29, 1.82) is 0 Å². The van der Waals surface area contributed by atoms with Crippen LogP contribution >= 0.6 is 0 Å². The number of esters is 4. The number of benzene rings is 3. The Labute approximate surface area is 219 Å². The molecule has 0 spiro atoms. The molecule has 1 heterocycles. The molecule has 3 aromatic carbocycles. The minimum atomic E-state index is -1.42. The molecule has 0 saturated carbocycles. The first-order valence-electron chi connectivity index (χ1n) is 11.9. The molecule has 0 aromatic heterocycles. The quantitative estimate of drug-likeness (QED) is 0.323. The topological polar surface area (TPSA) is 114 Å². The van der Waals surface area contributed by atoms with Crippen LogP contribution in [0.1, 0.15) is 44.9 Å². The van der Waals surface area contributed by atoms with E-state index in [1.165, 1.54) is 0 Å². The molecule has 9 heteroatoms. The maximum Gasteiger partial charge on any atom is 0.338 e. The molecular weight excluding hydrogens is 492 g/mol. The van der Waals surface area contributed by atoms with Crippen molar-refractivity contribution in [3.8, 4) is 0 Å². The molecule has 1 aliphatic heterocycles. The average molecular weight is 519 g/mol. The van der Waals surface area contributed by atoms with Crippen LogP contribution in [0, 0.1) is 0 Å². The van der Waals surface area contributed by atoms with Gasteiger partial charge in [-0.05, 0) is 43.3 Å². The second-order valence-electron chi connectivity index (χ2n) is 8.53. The van der Waals surface area contributed by atoms with Gasteiger partial charge in [0.15, 0.2) is 6.10 Å². The lowest BCUT2D eigenvalue weighted by Gasteiger charge is -2.26. The Bertz CT molecular complexity index is 1260. The smallest absolute Gasteiger partial charge is 0.338 e. The van der Waals surface area contributed by atoms with E-state index >= 15 is 0 Å². The largest absolute Gasteiger partial charge is 0.456 e. The van der Waals surface area contributed by atoms with Gasteiger partial charge in [-0.1, -0.05) is 54.6 Å². The molecule has 0 amide bonds. The summed E-state index contributed by atoms with van der Waals surface area (Å²) in [6.07, 6.45) is -6.17. The van der Waals surface area contributed by atoms with Gasteiger partial charge in [-0.15, -0.1) is 0 Å². The molecule has 9 nitrogen and oxygen atoms in total. The SMILES string of the molecule is CC(=O)OC1O[C@H](C(C)OC(=O)c2ccccc2)[C@@H](OC(=O)c2ccccc2)[C@H]1OC(=O)c1ccccc1. The molecule has 0 aliphatic carbocycles. The molecule has 0 N–H and O–H groups in total. The number of carbonyl (C=O) groups excluding carboxylic acids is 4. The van der Waals surface area contributed by atoms with Crippen molar-refractivity contribution in [2.45, 2.75) is 44.6 Å². The Morgan fingerprint density at radius 2 is 1.05 bits per heavy atom. The Hall–Kier alpha value is -4.50. The van der Waals surface area contributed by atoms with Crippen LogP contribution in [0.25, 0.3) is 0 Å². The van der Waals surface area contributed by atoms with E-state index in [1.54, 1.807) is 97.9 Å². The van der Waals surface area contributed by atoms with E-state index in [0.29, 0.717) is 5.56 Å². The maximum absolute atomic E-state index is 13.0. The summed E-state index contributed by atoms with van der Waals surface area (Å²) in [6, 6.07) is 24.6. The fourth-order valence-corrected chi connectivity index (χ4v) is 3.95. The molecule has 1 fully saturated rings. The Balaban J connectivity index is 1.63. The highest BCUT2D eigenvalue weighted by Crippen LogP contribution is 2.32. The molecular formula is C29H26O9. The van der Waals surface area contributed by atoms with Crippen molar-refractivity contribution in [3.05, 3.63) is 108 Å². The van der Waals surface area contributed by atoms with E-state index in [0.717, 1.165) is 6.92 Å². The molecule has 196 valence electrons. The molecule has 1 aliphatic rings. The highest BCUT2D eigenvalue weighted by molar-refractivity contribution is 5.91. The van der Waals surface area contributed by atoms with Crippen LogP contribution in [-0.2, 0) is 28.5 Å². The highest BCUT2D eigenvalue weighted by Gasteiger charge is 2.54. The molecule has 0 radical (unpaired) electrons. The minimum Gasteiger partial charge on any atom is -0.456 e. The standard InChI is InChI=1S/C29H26O9/c1-18(34-26(31)20-12-6-3-7-13-20)23-24(36-27(32)21-14-8-4-9-15-21)25(29(38-23)35-19(2)30)37-28(33)22-16-10-5-11-17-22/h3-18,23-25,29H,1-2H3/t18?,23-,24-,25-,29?/m1/s1. The molecule has 38 heavy (non-hydrogen) atoms. The summed E-state index contributed by atoms with van der Waals surface area (Å²) in [6.45, 7) is 2.71. The van der Waals surface area contributed by atoms with Gasteiger partial charge in [0, 0.05) is 6.92 Å². The van der Waals surface area contributed by atoms with Crippen LogP contribution < -0.4 is 0 Å². The summed E-state index contributed by atoms with van der Waals surface area (Å²) in [4.78, 5) is 50.5. The number of hydrogen-bond acceptors (Lipinski definition) is 9. The van der Waals surface area contributed by atoms with E-state index in [1.807, 2.05) is 0 Å². The van der Waals surface area contributed by atoms with Crippen molar-refractivity contribution >= 4 is 23.9 Å². The second-order valence-corrected chi connectivity index (χ2v) is 8.53. The van der Waals surface area contributed by atoms with Crippen LogP contribution in [0.4, 0.5) is 0 Å². The minimum absolute atomic E-state index is 0.231. The van der Waals surface area contributed by atoms with Crippen LogP contribution in [0.3, 0.4) is 0 Å². The van der Waals surface area contributed by atoms with Crippen molar-refractivity contribution in [3.63, 3.8) is 0 Å². The first kappa shape index (κ1) is 26.6. The van der Waals surface area contributed by atoms with Crippen molar-refractivity contribution in [2.24, 2.45) is 0 Å². The molecule has 2 unspecified atom stereocenters. The normalized spacial score (nSPS) is 21.1. The zero-order valence-electron chi connectivity index (χ0n) is 20.7. The fourth-order valence-electron chi connectivity index (χ4n) is 3.95. The van der Waals surface area contributed by atoms with Crippen molar-refractivity contribution in [1.82, 2.24) is 0 Å². The van der Waals surface area contributed by atoms with Gasteiger partial charge in [-0.25, -0.2) is 14.4 Å². The van der Waals surface area contributed by atoms with E-state index in [2.05, 4.69) is 0 Å². The number of rotatable bonds is 8. The molecule has 0 bridgehead atoms. The number of hydrogen-bond donors (Lipinski definition) is 0. The maximum atomic E-state index is 13.0. The lowest BCUT2D eigenvalue weighted by atomic mass is 10.1. The third-order valence-electron chi connectivity index (χ3n) is 5.76. The first-order chi connectivity index (χ1) is 18.3. The van der Waals surface area contributed by atoms with Gasteiger partial charge in [-0.3, -0.25) is 4.79 Å². The summed E-state index contributed by atoms with van der Waals surface area (Å²) in [5, 5.41) is 0. The summed E-state index contributed by atoms with van der Waals surface area (Å²) in [7, 11) is 0. The number of carbonyl (C=O) groups is 4. The summed E-state index contributed by atoms with van der Waals surface area (Å²) in [5.74, 6) is -2.82. The van der Waals surface area contributed by atoms with Crippen molar-refractivity contribution in [2.75, 3.05) is 0 Å². The van der Waals surface area contributed by atoms with E-state index in [9.17, 15) is 19.2 Å². The Kier molecular flexibility index (Phi) is 8.50. The van der Waals surface area contributed by atoms with E-state index in [4.69, 9.17) is 23.7 Å². The third-order valence-corrected chi connectivity index (χ3v) is 5.76. The van der Waals surface area contributed by atoms with Gasteiger partial charge < -0.3 is 23.7 Å². The highest BCUT2D eigenvalue weighted by atomic mass is 16.8. The lowest BCUT2D eigenvalue weighted by molar-refractivity contribution is -0.191. The Morgan fingerprint density at radius 3 is 1.50 bits per heavy atom. The zero-order chi connectivity index (χ0) is 27.1. The predicted octanol–water partition coefficient (Wildman–Crippen LogP) is 3.97. The van der Waals surface area contributed by atoms with E-state index < -0.39 is 54.6 Å². The summed E-state index contributed by atoms with van der Waals surface area (Å²) < 4.78 is 28.2. The first-order valence-corrected chi connectivity index (χ1v) is 11.9. The Morgan fingerprint density at radius 1 is 0.632 bits per heavy atom. The van der Waals surface area contributed by atoms with Gasteiger partial charge in [-0.2, -0.15) is 0 Å². The lowest BCUT2D eigenvalue weighted by Crippen LogP contribution is -2.45. The fraction of sp³-hybridized carbons (Fsp3) is 0.241. The van der Waals surface area contributed by atoms with Gasteiger partial charge in [0.1, 0.15) is 12.2 Å². The summed E-state index contributed by atoms with van der Waals surface area (Å²) >= 11 is 0. The molecule has 3 aromatic rings. The van der Waals surface area contributed by atoms with Gasteiger partial charge in [0.05, 0.1) is 16.7 Å². The van der Waals surface area contributed by atoms with Gasteiger partial charge >= 0.3 is 23.9 Å². The van der Waals surface area contributed by atoms with Crippen molar-refractivity contribution < 1.29 is 42.9 Å². The van der Waals surface area contributed by atoms with Gasteiger partial charge in [0.25, 0.3) is 0 Å². The van der Waals surface area contributed by atoms with Crippen LogP contribution in [-0.4, -0.2) is 54.6 Å². The van der Waals surface area contributed by atoms with Crippen LogP contribution in [0.15, 0.2) is 91.0 Å². The predicted molar refractivity (Wildman–Crippen MR) is 133 cm³/mol. The molecule has 1 saturated heterocycles. The second kappa shape index (κ2) is 12.2. The molecule has 4 rings (SSSR count). The third kappa shape index (κ3) is 6.43. The monoisotopic (exact) mass is 518 g/mol. The molecule has 5 atom stereocenters. The zero-order valence-corrected chi connectivity index (χ0v) is 20.7.